The molecule has 0 aliphatic carbocycles. The molecule has 0 spiro atoms. The largest absolute Gasteiger partial charge is 0.478 e. The van der Waals surface area contributed by atoms with Crippen molar-refractivity contribution in [3.8, 4) is 0 Å². The maximum atomic E-state index is 11.6. The number of carboxylic acid groups (broad SMARTS) is 1. The number of thioether (sulfide) groups is 1. The number of hydrogen-bond donors (Lipinski definition) is 3. The van der Waals surface area contributed by atoms with Crippen molar-refractivity contribution >= 4 is 34.4 Å². The third-order valence-electron chi connectivity index (χ3n) is 2.70. The van der Waals surface area contributed by atoms with Crippen molar-refractivity contribution in [2.75, 3.05) is 10.8 Å². The van der Waals surface area contributed by atoms with Gasteiger partial charge in [-0.2, -0.15) is 5.10 Å². The van der Waals surface area contributed by atoms with Gasteiger partial charge < -0.3 is 10.9 Å². The molecule has 8 heteroatoms. The zero-order valence-electron chi connectivity index (χ0n) is 11.8. The van der Waals surface area contributed by atoms with E-state index in [0.717, 1.165) is 11.8 Å². The van der Waals surface area contributed by atoms with E-state index in [4.69, 9.17) is 16.8 Å². The molecule has 0 aliphatic heterocycles. The van der Waals surface area contributed by atoms with Gasteiger partial charge >= 0.3 is 5.97 Å². The first-order valence-corrected chi connectivity index (χ1v) is 7.17. The molecular formula is C13H18N4O3S. The summed E-state index contributed by atoms with van der Waals surface area (Å²) in [7, 11) is 0. The van der Waals surface area contributed by atoms with E-state index in [2.05, 4.69) is 5.10 Å². The SMILES string of the molecule is CC(C)C(=O)CS/C(=N/N)N(N)c1ccc(C(=O)O)cc1. The number of anilines is 1. The van der Waals surface area contributed by atoms with Gasteiger partial charge in [0.1, 0.15) is 5.78 Å². The number of aromatic carboxylic acids is 1. The van der Waals surface area contributed by atoms with E-state index in [9.17, 15) is 9.59 Å². The van der Waals surface area contributed by atoms with E-state index < -0.39 is 5.97 Å². The van der Waals surface area contributed by atoms with Gasteiger partial charge in [0.2, 0.25) is 5.17 Å². The van der Waals surface area contributed by atoms with E-state index in [1.165, 1.54) is 17.1 Å². The van der Waals surface area contributed by atoms with E-state index >= 15 is 0 Å². The van der Waals surface area contributed by atoms with E-state index in [0.29, 0.717) is 5.69 Å². The Bertz CT molecular complexity index is 543. The Morgan fingerprint density at radius 1 is 1.33 bits per heavy atom. The molecule has 0 aromatic heterocycles. The number of hydrogen-bond acceptors (Lipinski definition) is 6. The number of nitrogens with two attached hydrogens (primary N) is 2. The van der Waals surface area contributed by atoms with Crippen LogP contribution in [0, 0.1) is 5.92 Å². The van der Waals surface area contributed by atoms with Crippen LogP contribution in [-0.4, -0.2) is 27.8 Å². The summed E-state index contributed by atoms with van der Waals surface area (Å²) in [5, 5.41) is 13.9. The number of nitrogens with zero attached hydrogens (tertiary/aromatic N) is 2. The van der Waals surface area contributed by atoms with Crippen LogP contribution in [0.5, 0.6) is 0 Å². The maximum absolute atomic E-state index is 11.6. The van der Waals surface area contributed by atoms with Crippen LogP contribution in [-0.2, 0) is 4.79 Å². The zero-order chi connectivity index (χ0) is 16.0. The van der Waals surface area contributed by atoms with Crippen LogP contribution < -0.4 is 16.7 Å². The van der Waals surface area contributed by atoms with Crippen LogP contribution in [0.25, 0.3) is 0 Å². The molecule has 1 rings (SSSR count). The second kappa shape index (κ2) is 7.65. The number of hydrazine groups is 1. The van der Waals surface area contributed by atoms with Gasteiger partial charge in [0.25, 0.3) is 0 Å². The summed E-state index contributed by atoms with van der Waals surface area (Å²) in [6.07, 6.45) is 0. The van der Waals surface area contributed by atoms with Crippen LogP contribution in [0.3, 0.4) is 0 Å². The average molecular weight is 310 g/mol. The number of carboxylic acids is 1. The topological polar surface area (TPSA) is 122 Å². The normalized spacial score (nSPS) is 11.5. The summed E-state index contributed by atoms with van der Waals surface area (Å²) in [4.78, 5) is 22.4. The molecule has 0 fully saturated rings. The van der Waals surface area contributed by atoms with Gasteiger partial charge in [-0.25, -0.2) is 10.6 Å². The number of hydrazone groups is 1. The van der Waals surface area contributed by atoms with Crippen LogP contribution in [0.2, 0.25) is 0 Å². The summed E-state index contributed by atoms with van der Waals surface area (Å²) in [5.41, 5.74) is 0.676. The monoisotopic (exact) mass is 310 g/mol. The molecule has 0 heterocycles. The zero-order valence-corrected chi connectivity index (χ0v) is 12.6. The molecule has 0 saturated heterocycles. The molecule has 0 amide bonds. The number of benzene rings is 1. The third kappa shape index (κ3) is 4.76. The summed E-state index contributed by atoms with van der Waals surface area (Å²) in [6.45, 7) is 3.62. The molecule has 0 unspecified atom stereocenters. The lowest BCUT2D eigenvalue weighted by atomic mass is 10.1. The van der Waals surface area contributed by atoms with Crippen molar-refractivity contribution in [1.29, 1.82) is 0 Å². The second-order valence-electron chi connectivity index (χ2n) is 4.54. The highest BCUT2D eigenvalue weighted by molar-refractivity contribution is 8.14. The number of Topliss-reactive ketones (excluding diaryl/α,β-unsaturated/α-hetero) is 1. The highest BCUT2D eigenvalue weighted by Crippen LogP contribution is 2.18. The minimum Gasteiger partial charge on any atom is -0.478 e. The number of ketones is 1. The van der Waals surface area contributed by atoms with Crippen LogP contribution in [0.15, 0.2) is 29.4 Å². The quantitative estimate of drug-likeness (QED) is 0.324. The van der Waals surface area contributed by atoms with E-state index in [-0.39, 0.29) is 28.2 Å². The molecule has 0 bridgehead atoms. The smallest absolute Gasteiger partial charge is 0.335 e. The molecular weight excluding hydrogens is 292 g/mol. The number of carbonyl (C=O) groups excluding carboxylic acids is 1. The first kappa shape index (κ1) is 17.0. The summed E-state index contributed by atoms with van der Waals surface area (Å²) in [6, 6.07) is 5.93. The summed E-state index contributed by atoms with van der Waals surface area (Å²) < 4.78 is 0. The fourth-order valence-corrected chi connectivity index (χ4v) is 2.27. The van der Waals surface area contributed by atoms with E-state index in [1.807, 2.05) is 13.8 Å². The predicted octanol–water partition coefficient (Wildman–Crippen LogP) is 1.25. The maximum Gasteiger partial charge on any atom is 0.335 e. The third-order valence-corrected chi connectivity index (χ3v) is 3.69. The summed E-state index contributed by atoms with van der Waals surface area (Å²) in [5.74, 6) is 10.4. The lowest BCUT2D eigenvalue weighted by Gasteiger charge is -2.19. The fraction of sp³-hybridized carbons (Fsp3) is 0.308. The first-order chi connectivity index (χ1) is 9.86. The lowest BCUT2D eigenvalue weighted by Crippen LogP contribution is -2.37. The molecule has 5 N–H and O–H groups in total. The van der Waals surface area contributed by atoms with Crippen LogP contribution >= 0.6 is 11.8 Å². The van der Waals surface area contributed by atoms with Crippen molar-refractivity contribution in [3.63, 3.8) is 0 Å². The molecule has 0 radical (unpaired) electrons. The van der Waals surface area contributed by atoms with Crippen molar-refractivity contribution in [2.24, 2.45) is 22.7 Å². The minimum absolute atomic E-state index is 0.0655. The number of carbonyl (C=O) groups is 2. The van der Waals surface area contributed by atoms with Gasteiger partial charge in [0.05, 0.1) is 17.0 Å². The van der Waals surface area contributed by atoms with Crippen LogP contribution in [0.1, 0.15) is 24.2 Å². The van der Waals surface area contributed by atoms with Gasteiger partial charge in [-0.1, -0.05) is 25.6 Å². The van der Waals surface area contributed by atoms with E-state index in [1.54, 1.807) is 12.1 Å². The van der Waals surface area contributed by atoms with Crippen molar-refractivity contribution in [3.05, 3.63) is 29.8 Å². The molecule has 1 aromatic rings. The Balaban J connectivity index is 2.77. The average Bonchev–Trinajstić information content (AvgIpc) is 2.47. The Labute approximate surface area is 127 Å². The van der Waals surface area contributed by atoms with Crippen LogP contribution in [0.4, 0.5) is 5.69 Å². The molecule has 0 atom stereocenters. The lowest BCUT2D eigenvalue weighted by molar-refractivity contribution is -0.119. The first-order valence-electron chi connectivity index (χ1n) is 6.18. The van der Waals surface area contributed by atoms with Gasteiger partial charge in [-0.15, -0.1) is 0 Å². The van der Waals surface area contributed by atoms with Gasteiger partial charge in [0, 0.05) is 5.92 Å². The number of amidine groups is 1. The molecule has 0 aliphatic rings. The Hall–Kier alpha value is -2.06. The predicted molar refractivity (Wildman–Crippen MR) is 84.0 cm³/mol. The van der Waals surface area contributed by atoms with Gasteiger partial charge in [0.15, 0.2) is 0 Å². The highest BCUT2D eigenvalue weighted by atomic mass is 32.2. The van der Waals surface area contributed by atoms with Gasteiger partial charge in [-0.05, 0) is 24.3 Å². The molecule has 1 aromatic carbocycles. The Kier molecular flexibility index (Phi) is 6.19. The highest BCUT2D eigenvalue weighted by Gasteiger charge is 2.15. The standard InChI is InChI=1S/C13H18N4O3S/c1-8(2)11(18)7-21-13(16-14)17(15)10-5-3-9(4-6-10)12(19)20/h3-6,8H,7,14-15H2,1-2H3,(H,19,20)/b16-13+. The number of rotatable bonds is 5. The molecule has 0 saturated carbocycles. The molecule has 114 valence electrons. The Morgan fingerprint density at radius 2 is 1.90 bits per heavy atom. The van der Waals surface area contributed by atoms with Crippen molar-refractivity contribution in [1.82, 2.24) is 0 Å². The molecule has 21 heavy (non-hydrogen) atoms. The minimum atomic E-state index is -1.02. The summed E-state index contributed by atoms with van der Waals surface area (Å²) >= 11 is 1.13. The second-order valence-corrected chi connectivity index (χ2v) is 5.49. The Morgan fingerprint density at radius 3 is 2.33 bits per heavy atom. The van der Waals surface area contributed by atoms with Crippen molar-refractivity contribution in [2.45, 2.75) is 13.8 Å². The molecule has 7 nitrogen and oxygen atoms in total. The van der Waals surface area contributed by atoms with Crippen molar-refractivity contribution < 1.29 is 14.7 Å². The van der Waals surface area contributed by atoms with Gasteiger partial charge in [-0.3, -0.25) is 9.80 Å². The fourth-order valence-electron chi connectivity index (χ4n) is 1.35.